The van der Waals surface area contributed by atoms with Gasteiger partial charge in [-0.15, -0.1) is 21.5 Å². The summed E-state index contributed by atoms with van der Waals surface area (Å²) in [6, 6.07) is 12.4. The lowest BCUT2D eigenvalue weighted by molar-refractivity contribution is -0.384. The Morgan fingerprint density at radius 2 is 1.84 bits per heavy atom. The van der Waals surface area contributed by atoms with E-state index in [2.05, 4.69) is 20.8 Å². The summed E-state index contributed by atoms with van der Waals surface area (Å²) < 4.78 is 12.5. The van der Waals surface area contributed by atoms with Crippen molar-refractivity contribution in [1.29, 1.82) is 0 Å². The minimum absolute atomic E-state index is 0.0305. The predicted molar refractivity (Wildman–Crippen MR) is 168 cm³/mol. The number of methoxy groups -OCH3 is 1. The number of ether oxygens (including phenoxy) is 2. The van der Waals surface area contributed by atoms with E-state index >= 15 is 0 Å². The highest BCUT2D eigenvalue weighted by atomic mass is 32.2. The van der Waals surface area contributed by atoms with Crippen molar-refractivity contribution in [3.8, 4) is 11.4 Å². The lowest BCUT2D eigenvalue weighted by Crippen LogP contribution is -2.24. The highest BCUT2D eigenvalue weighted by Gasteiger charge is 2.28. The Kier molecular flexibility index (Phi) is 10.1. The van der Waals surface area contributed by atoms with Crippen molar-refractivity contribution in [1.82, 2.24) is 20.1 Å². The Morgan fingerprint density at radius 3 is 2.58 bits per heavy atom. The zero-order valence-corrected chi connectivity index (χ0v) is 26.2. The fraction of sp³-hybridized carbons (Fsp3) is 0.300. The lowest BCUT2D eigenvalue weighted by Gasteiger charge is -2.14. The number of nitrogens with one attached hydrogen (secondary N) is 2. The summed E-state index contributed by atoms with van der Waals surface area (Å²) in [5.41, 5.74) is 2.13. The van der Waals surface area contributed by atoms with Crippen molar-refractivity contribution >= 4 is 51.6 Å². The van der Waals surface area contributed by atoms with Crippen LogP contribution in [0.15, 0.2) is 53.7 Å². The molecule has 0 bridgehead atoms. The first kappa shape index (κ1) is 31.7. The number of nitro benzene ring substituents is 1. The lowest BCUT2D eigenvalue weighted by atomic mass is 9.95. The van der Waals surface area contributed by atoms with Crippen LogP contribution in [0.5, 0.6) is 5.75 Å². The number of hydrogen-bond donors (Lipinski definition) is 2. The summed E-state index contributed by atoms with van der Waals surface area (Å²) in [5, 5.41) is 26.1. The number of amides is 2. The number of nitro groups is 1. The van der Waals surface area contributed by atoms with Crippen LogP contribution >= 0.6 is 23.1 Å². The van der Waals surface area contributed by atoms with E-state index in [4.69, 9.17) is 9.47 Å². The molecular weight excluding hydrogens is 620 g/mol. The SMILES string of the molecule is CCOC(=O)c1c(NC(=O)CSc2nnc(CNC(=O)c3ccc([N+](=O)[O-])cc3)n2-c2ccccc2OC)sc2c1CCCC2. The third-order valence-electron chi connectivity index (χ3n) is 7.01. The summed E-state index contributed by atoms with van der Waals surface area (Å²) in [5.74, 6) is -0.359. The monoisotopic (exact) mass is 650 g/mol. The molecule has 0 radical (unpaired) electrons. The van der Waals surface area contributed by atoms with Crippen LogP contribution in [-0.4, -0.2) is 56.9 Å². The zero-order valence-electron chi connectivity index (χ0n) is 24.5. The van der Waals surface area contributed by atoms with Crippen LogP contribution in [0.3, 0.4) is 0 Å². The van der Waals surface area contributed by atoms with Gasteiger partial charge in [0.2, 0.25) is 5.91 Å². The largest absolute Gasteiger partial charge is 0.495 e. The first-order valence-electron chi connectivity index (χ1n) is 14.1. The molecule has 2 aromatic carbocycles. The van der Waals surface area contributed by atoms with Gasteiger partial charge in [0, 0.05) is 22.6 Å². The number of rotatable bonds is 12. The van der Waals surface area contributed by atoms with Crippen molar-refractivity contribution in [3.05, 3.63) is 86.0 Å². The summed E-state index contributed by atoms with van der Waals surface area (Å²) in [4.78, 5) is 50.3. The number of esters is 1. The molecule has 0 aliphatic heterocycles. The Bertz CT molecular complexity index is 1730. The van der Waals surface area contributed by atoms with Crippen LogP contribution in [0, 0.1) is 10.1 Å². The Labute approximate surface area is 266 Å². The van der Waals surface area contributed by atoms with Crippen molar-refractivity contribution in [2.75, 3.05) is 24.8 Å². The van der Waals surface area contributed by atoms with Crippen molar-refractivity contribution in [2.24, 2.45) is 0 Å². The Hall–Kier alpha value is -4.76. The number of thiophene rings is 1. The van der Waals surface area contributed by atoms with Crippen LogP contribution in [0.1, 0.15) is 56.7 Å². The number of anilines is 1. The van der Waals surface area contributed by atoms with Gasteiger partial charge in [-0.05, 0) is 62.4 Å². The highest BCUT2D eigenvalue weighted by Crippen LogP contribution is 2.39. The number of benzene rings is 2. The number of non-ortho nitro benzene ring substituents is 1. The number of nitrogens with zero attached hydrogens (tertiary/aromatic N) is 4. The number of para-hydroxylation sites is 2. The molecular formula is C30H30N6O7S2. The van der Waals surface area contributed by atoms with Crippen LogP contribution < -0.4 is 15.4 Å². The van der Waals surface area contributed by atoms with E-state index in [9.17, 15) is 24.5 Å². The molecule has 13 nitrogen and oxygen atoms in total. The van der Waals surface area contributed by atoms with Gasteiger partial charge < -0.3 is 20.1 Å². The van der Waals surface area contributed by atoms with Gasteiger partial charge in [-0.3, -0.25) is 24.3 Å². The molecule has 15 heteroatoms. The number of hydrogen-bond acceptors (Lipinski definition) is 11. The third-order valence-corrected chi connectivity index (χ3v) is 9.15. The zero-order chi connectivity index (χ0) is 31.9. The molecule has 2 heterocycles. The quantitative estimate of drug-likeness (QED) is 0.0925. The molecule has 1 aliphatic rings. The molecule has 2 aromatic heterocycles. The fourth-order valence-electron chi connectivity index (χ4n) is 4.93. The molecule has 0 saturated carbocycles. The minimum atomic E-state index is -0.538. The molecule has 4 aromatic rings. The van der Waals surface area contributed by atoms with E-state index < -0.39 is 16.8 Å². The smallest absolute Gasteiger partial charge is 0.341 e. The van der Waals surface area contributed by atoms with Crippen LogP contribution in [0.25, 0.3) is 5.69 Å². The second-order valence-corrected chi connectivity index (χ2v) is 11.9. The van der Waals surface area contributed by atoms with Gasteiger partial charge in [-0.25, -0.2) is 4.79 Å². The standard InChI is InChI=1S/C30H30N6O7S2/c1-3-43-29(39)26-20-8-4-7-11-23(20)45-28(26)32-25(37)17-44-30-34-33-24(35(30)21-9-5-6-10-22(21)42-2)16-31-27(38)18-12-14-19(15-13-18)36(40)41/h5-6,9-10,12-15H,3-4,7-8,11,16-17H2,1-2H3,(H,31,38)(H,32,37). The first-order valence-corrected chi connectivity index (χ1v) is 16.0. The molecule has 5 rings (SSSR count). The molecule has 45 heavy (non-hydrogen) atoms. The van der Waals surface area contributed by atoms with Gasteiger partial charge in [-0.1, -0.05) is 23.9 Å². The van der Waals surface area contributed by atoms with Gasteiger partial charge in [0.1, 0.15) is 10.8 Å². The maximum atomic E-state index is 13.2. The van der Waals surface area contributed by atoms with Gasteiger partial charge in [0.05, 0.1) is 42.2 Å². The predicted octanol–water partition coefficient (Wildman–Crippen LogP) is 4.96. The fourth-order valence-corrected chi connectivity index (χ4v) is 6.98. The van der Waals surface area contributed by atoms with Crippen LogP contribution in [-0.2, 0) is 28.9 Å². The van der Waals surface area contributed by atoms with E-state index in [-0.39, 0.29) is 36.1 Å². The number of aryl methyl sites for hydroxylation is 1. The molecule has 0 saturated heterocycles. The van der Waals surface area contributed by atoms with E-state index in [1.165, 1.54) is 42.7 Å². The Balaban J connectivity index is 1.34. The van der Waals surface area contributed by atoms with Crippen LogP contribution in [0.4, 0.5) is 10.7 Å². The molecule has 1 aliphatic carbocycles. The minimum Gasteiger partial charge on any atom is -0.495 e. The van der Waals surface area contributed by atoms with E-state index in [0.717, 1.165) is 47.9 Å². The average molecular weight is 651 g/mol. The van der Waals surface area contributed by atoms with Gasteiger partial charge >= 0.3 is 5.97 Å². The number of fused-ring (bicyclic) bond motifs is 1. The first-order chi connectivity index (χ1) is 21.8. The molecule has 0 spiro atoms. The van der Waals surface area contributed by atoms with Crippen molar-refractivity contribution in [2.45, 2.75) is 44.3 Å². The average Bonchev–Trinajstić information content (AvgIpc) is 3.63. The summed E-state index contributed by atoms with van der Waals surface area (Å²) in [6.45, 7) is 1.96. The molecule has 2 N–H and O–H groups in total. The highest BCUT2D eigenvalue weighted by molar-refractivity contribution is 7.99. The number of carbonyl (C=O) groups is 3. The molecule has 234 valence electrons. The molecule has 0 atom stereocenters. The maximum absolute atomic E-state index is 13.2. The number of aromatic nitrogens is 3. The maximum Gasteiger partial charge on any atom is 0.341 e. The summed E-state index contributed by atoms with van der Waals surface area (Å²) >= 11 is 2.56. The van der Waals surface area contributed by atoms with Crippen molar-refractivity contribution < 1.29 is 28.8 Å². The number of thioether (sulfide) groups is 1. The van der Waals surface area contributed by atoms with Gasteiger partial charge in [0.15, 0.2) is 11.0 Å². The molecule has 0 unspecified atom stereocenters. The van der Waals surface area contributed by atoms with Gasteiger partial charge in [0.25, 0.3) is 11.6 Å². The topological polar surface area (TPSA) is 168 Å². The second kappa shape index (κ2) is 14.3. The van der Waals surface area contributed by atoms with E-state index in [0.29, 0.717) is 33.0 Å². The Morgan fingerprint density at radius 1 is 1.09 bits per heavy atom. The van der Waals surface area contributed by atoms with E-state index in [1.807, 2.05) is 12.1 Å². The number of carbonyl (C=O) groups excluding carboxylic acids is 3. The third kappa shape index (κ3) is 7.15. The molecule has 0 fully saturated rings. The second-order valence-electron chi connectivity index (χ2n) is 9.87. The normalized spacial score (nSPS) is 12.2. The summed E-state index contributed by atoms with van der Waals surface area (Å²) in [6.07, 6.45) is 3.65. The van der Waals surface area contributed by atoms with E-state index in [1.54, 1.807) is 23.6 Å². The van der Waals surface area contributed by atoms with Gasteiger partial charge in [-0.2, -0.15) is 0 Å². The van der Waals surface area contributed by atoms with Crippen LogP contribution in [0.2, 0.25) is 0 Å². The summed E-state index contributed by atoms with van der Waals surface area (Å²) in [7, 11) is 1.53. The molecule has 2 amide bonds. The van der Waals surface area contributed by atoms with Crippen molar-refractivity contribution in [3.63, 3.8) is 0 Å².